The molecule has 0 radical (unpaired) electrons. The molecule has 120 valence electrons. The number of nitrogens with zero attached hydrogens (tertiary/aromatic N) is 3. The minimum atomic E-state index is -3.46. The third-order valence-corrected chi connectivity index (χ3v) is 5.77. The minimum absolute atomic E-state index is 0.261. The summed E-state index contributed by atoms with van der Waals surface area (Å²) in [5.41, 5.74) is 8.44. The lowest BCUT2D eigenvalue weighted by molar-refractivity contribution is 0.268. The monoisotopic (exact) mass is 315 g/mol. The van der Waals surface area contributed by atoms with E-state index in [1.54, 1.807) is 4.68 Å². The maximum Gasteiger partial charge on any atom is 0.279 e. The molecule has 0 aliphatic carbocycles. The quantitative estimate of drug-likeness (QED) is 0.802. The molecule has 8 heteroatoms. The number of aryl methyl sites for hydroxylation is 2. The van der Waals surface area contributed by atoms with Gasteiger partial charge in [-0.2, -0.15) is 22.5 Å². The highest BCUT2D eigenvalue weighted by molar-refractivity contribution is 7.87. The Balaban J connectivity index is 2.04. The van der Waals surface area contributed by atoms with Gasteiger partial charge in [0.1, 0.15) is 0 Å². The summed E-state index contributed by atoms with van der Waals surface area (Å²) in [5.74, 6) is 0.261. The van der Waals surface area contributed by atoms with E-state index in [4.69, 9.17) is 5.73 Å². The molecule has 1 aliphatic rings. The van der Waals surface area contributed by atoms with Crippen LogP contribution in [0.4, 0.5) is 0 Å². The van der Waals surface area contributed by atoms with Crippen molar-refractivity contribution >= 4 is 10.2 Å². The lowest BCUT2D eigenvalue weighted by atomic mass is 10.0. The molecule has 21 heavy (non-hydrogen) atoms. The first-order valence-corrected chi connectivity index (χ1v) is 8.73. The molecule has 0 amide bonds. The molecule has 1 unspecified atom stereocenters. The number of piperidine rings is 1. The predicted molar refractivity (Wildman–Crippen MR) is 81.8 cm³/mol. The first-order valence-electron chi connectivity index (χ1n) is 7.29. The molecule has 1 aliphatic heterocycles. The highest BCUT2D eigenvalue weighted by Gasteiger charge is 2.28. The maximum atomic E-state index is 12.4. The topological polar surface area (TPSA) is 93.2 Å². The van der Waals surface area contributed by atoms with E-state index in [1.165, 1.54) is 4.31 Å². The zero-order chi connectivity index (χ0) is 15.6. The second-order valence-electron chi connectivity index (χ2n) is 5.70. The van der Waals surface area contributed by atoms with Crippen molar-refractivity contribution in [3.63, 3.8) is 0 Å². The van der Waals surface area contributed by atoms with Crippen LogP contribution in [-0.4, -0.2) is 42.1 Å². The van der Waals surface area contributed by atoms with Crippen LogP contribution in [0.1, 0.15) is 29.8 Å². The summed E-state index contributed by atoms with van der Waals surface area (Å²) in [4.78, 5) is 0. The van der Waals surface area contributed by atoms with Crippen LogP contribution in [-0.2, 0) is 23.8 Å². The lowest BCUT2D eigenvalue weighted by Gasteiger charge is -2.31. The van der Waals surface area contributed by atoms with Gasteiger partial charge < -0.3 is 5.73 Å². The number of nitrogens with one attached hydrogen (secondary N) is 1. The highest BCUT2D eigenvalue weighted by Crippen LogP contribution is 2.18. The van der Waals surface area contributed by atoms with Gasteiger partial charge in [0.25, 0.3) is 10.2 Å². The van der Waals surface area contributed by atoms with E-state index in [-0.39, 0.29) is 12.5 Å². The van der Waals surface area contributed by atoms with Gasteiger partial charge in [-0.25, -0.2) is 0 Å². The first kappa shape index (κ1) is 16.4. The van der Waals surface area contributed by atoms with Crippen LogP contribution in [0.25, 0.3) is 0 Å². The standard InChI is InChI=1S/C13H25N5O2S/c1-10-13(11(2)17(3)16-10)8-15-21(19,20)18-6-4-5-12(7-14)9-18/h12,15H,4-9,14H2,1-3H3. The Morgan fingerprint density at radius 1 is 1.43 bits per heavy atom. The van der Waals surface area contributed by atoms with Crippen LogP contribution in [0.15, 0.2) is 0 Å². The molecule has 1 aromatic rings. The fourth-order valence-electron chi connectivity index (χ4n) is 2.77. The van der Waals surface area contributed by atoms with Gasteiger partial charge in [-0.05, 0) is 39.2 Å². The summed E-state index contributed by atoms with van der Waals surface area (Å²) in [6, 6.07) is 0. The van der Waals surface area contributed by atoms with E-state index in [9.17, 15) is 8.42 Å². The molecule has 1 fully saturated rings. The van der Waals surface area contributed by atoms with E-state index in [1.807, 2.05) is 20.9 Å². The molecule has 2 rings (SSSR count). The molecular formula is C13H25N5O2S. The van der Waals surface area contributed by atoms with Gasteiger partial charge in [0.15, 0.2) is 0 Å². The van der Waals surface area contributed by atoms with Crippen LogP contribution in [0.2, 0.25) is 0 Å². The number of hydrogen-bond donors (Lipinski definition) is 2. The summed E-state index contributed by atoms with van der Waals surface area (Å²) in [6.07, 6.45) is 1.87. The number of hydrogen-bond acceptors (Lipinski definition) is 4. The van der Waals surface area contributed by atoms with Gasteiger partial charge in [0.2, 0.25) is 0 Å². The number of aromatic nitrogens is 2. The Hall–Kier alpha value is -0.960. The third-order valence-electron chi connectivity index (χ3n) is 4.25. The summed E-state index contributed by atoms with van der Waals surface area (Å²) in [5, 5.41) is 4.30. The fourth-order valence-corrected chi connectivity index (χ4v) is 4.05. The van der Waals surface area contributed by atoms with Crippen LogP contribution < -0.4 is 10.5 Å². The van der Waals surface area contributed by atoms with Crippen molar-refractivity contribution in [1.82, 2.24) is 18.8 Å². The summed E-state index contributed by atoms with van der Waals surface area (Å²) in [6.45, 7) is 5.72. The molecule has 0 aromatic carbocycles. The molecule has 1 saturated heterocycles. The van der Waals surface area contributed by atoms with Gasteiger partial charge in [-0.15, -0.1) is 0 Å². The van der Waals surface area contributed by atoms with Crippen molar-refractivity contribution in [2.24, 2.45) is 18.7 Å². The second kappa shape index (κ2) is 6.43. The fraction of sp³-hybridized carbons (Fsp3) is 0.769. The van der Waals surface area contributed by atoms with Crippen molar-refractivity contribution in [1.29, 1.82) is 0 Å². The molecule has 1 aromatic heterocycles. The number of nitrogens with two attached hydrogens (primary N) is 1. The Kier molecular flexibility index (Phi) is 5.03. The van der Waals surface area contributed by atoms with Gasteiger partial charge in [-0.1, -0.05) is 0 Å². The zero-order valence-corrected chi connectivity index (χ0v) is 13.8. The molecule has 0 spiro atoms. The van der Waals surface area contributed by atoms with Crippen LogP contribution in [0.5, 0.6) is 0 Å². The van der Waals surface area contributed by atoms with E-state index < -0.39 is 10.2 Å². The third kappa shape index (κ3) is 3.63. The van der Waals surface area contributed by atoms with Crippen LogP contribution in [0, 0.1) is 19.8 Å². The minimum Gasteiger partial charge on any atom is -0.330 e. The van der Waals surface area contributed by atoms with Crippen molar-refractivity contribution in [3.8, 4) is 0 Å². The molecular weight excluding hydrogens is 290 g/mol. The molecule has 7 nitrogen and oxygen atoms in total. The summed E-state index contributed by atoms with van der Waals surface area (Å²) in [7, 11) is -1.60. The van der Waals surface area contributed by atoms with Gasteiger partial charge in [0.05, 0.1) is 5.69 Å². The van der Waals surface area contributed by atoms with E-state index >= 15 is 0 Å². The van der Waals surface area contributed by atoms with Crippen LogP contribution in [0.3, 0.4) is 0 Å². The normalized spacial score (nSPS) is 20.9. The smallest absolute Gasteiger partial charge is 0.279 e. The van der Waals surface area contributed by atoms with Gasteiger partial charge in [-0.3, -0.25) is 4.68 Å². The van der Waals surface area contributed by atoms with Crippen molar-refractivity contribution < 1.29 is 8.42 Å². The molecule has 0 bridgehead atoms. The Morgan fingerprint density at radius 2 is 2.14 bits per heavy atom. The summed E-state index contributed by atoms with van der Waals surface area (Å²) >= 11 is 0. The predicted octanol–water partition coefficient (Wildman–Crippen LogP) is 0.0420. The molecule has 2 heterocycles. The largest absolute Gasteiger partial charge is 0.330 e. The number of rotatable bonds is 5. The maximum absolute atomic E-state index is 12.4. The van der Waals surface area contributed by atoms with Crippen molar-refractivity contribution in [3.05, 3.63) is 17.0 Å². The van der Waals surface area contributed by atoms with Crippen LogP contribution >= 0.6 is 0 Å². The van der Waals surface area contributed by atoms with E-state index in [2.05, 4.69) is 9.82 Å². The highest BCUT2D eigenvalue weighted by atomic mass is 32.2. The Morgan fingerprint density at radius 3 is 2.71 bits per heavy atom. The lowest BCUT2D eigenvalue weighted by Crippen LogP contribution is -2.47. The first-order chi connectivity index (χ1) is 9.85. The Labute approximate surface area is 126 Å². The van der Waals surface area contributed by atoms with E-state index in [0.29, 0.717) is 19.6 Å². The zero-order valence-electron chi connectivity index (χ0n) is 13.0. The van der Waals surface area contributed by atoms with Crippen molar-refractivity contribution in [2.75, 3.05) is 19.6 Å². The Bertz CT molecular complexity index is 596. The molecule has 3 N–H and O–H groups in total. The van der Waals surface area contributed by atoms with Gasteiger partial charge >= 0.3 is 0 Å². The summed E-state index contributed by atoms with van der Waals surface area (Å²) < 4.78 is 30.8. The molecule has 0 saturated carbocycles. The average molecular weight is 315 g/mol. The van der Waals surface area contributed by atoms with E-state index in [0.717, 1.165) is 29.8 Å². The SMILES string of the molecule is Cc1nn(C)c(C)c1CNS(=O)(=O)N1CCCC(CN)C1. The average Bonchev–Trinajstić information content (AvgIpc) is 2.70. The van der Waals surface area contributed by atoms with Gasteiger partial charge in [0, 0.05) is 37.9 Å². The molecule has 1 atom stereocenters. The second-order valence-corrected chi connectivity index (χ2v) is 7.46. The van der Waals surface area contributed by atoms with Crippen molar-refractivity contribution in [2.45, 2.75) is 33.2 Å².